The molecule has 2 N–H and O–H groups in total. The van der Waals surface area contributed by atoms with E-state index in [0.717, 1.165) is 8.95 Å². The van der Waals surface area contributed by atoms with Gasteiger partial charge in [-0.2, -0.15) is 0 Å². The summed E-state index contributed by atoms with van der Waals surface area (Å²) in [6.07, 6.45) is -0.921. The van der Waals surface area contributed by atoms with Crippen molar-refractivity contribution in [2.24, 2.45) is 0 Å². The van der Waals surface area contributed by atoms with Gasteiger partial charge in [0, 0.05) is 8.95 Å². The minimum atomic E-state index is -1.42. The molecule has 0 bridgehead atoms. The molecule has 0 aliphatic heterocycles. The monoisotopic (exact) mass is 384 g/mol. The second kappa shape index (κ2) is 5.75. The van der Waals surface area contributed by atoms with E-state index in [0.29, 0.717) is 11.1 Å². The van der Waals surface area contributed by atoms with Crippen LogP contribution in [0, 0.1) is 0 Å². The second-order valence-electron chi connectivity index (χ2n) is 4.46. The summed E-state index contributed by atoms with van der Waals surface area (Å²) in [5, 5.41) is 21.0. The van der Waals surface area contributed by atoms with Crippen LogP contribution in [-0.4, -0.2) is 16.3 Å². The Morgan fingerprint density at radius 1 is 0.842 bits per heavy atom. The second-order valence-corrected chi connectivity index (χ2v) is 6.29. The van der Waals surface area contributed by atoms with Crippen molar-refractivity contribution in [3.8, 4) is 0 Å². The fraction of sp³-hybridized carbons (Fsp3) is 0.200. The van der Waals surface area contributed by atoms with Gasteiger partial charge in [-0.1, -0.05) is 56.1 Å². The molecule has 0 saturated carbocycles. The molecule has 0 unspecified atom stereocenters. The molecule has 2 nitrogen and oxygen atoms in total. The van der Waals surface area contributed by atoms with E-state index in [9.17, 15) is 10.2 Å². The first-order chi connectivity index (χ1) is 8.94. The van der Waals surface area contributed by atoms with E-state index in [1.807, 2.05) is 24.3 Å². The van der Waals surface area contributed by atoms with Crippen molar-refractivity contribution in [2.45, 2.75) is 18.6 Å². The van der Waals surface area contributed by atoms with Crippen molar-refractivity contribution in [3.63, 3.8) is 0 Å². The van der Waals surface area contributed by atoms with Gasteiger partial charge >= 0.3 is 0 Å². The molecule has 0 aliphatic rings. The van der Waals surface area contributed by atoms with Crippen LogP contribution in [0.2, 0.25) is 0 Å². The van der Waals surface area contributed by atoms with E-state index in [4.69, 9.17) is 0 Å². The van der Waals surface area contributed by atoms with Crippen LogP contribution >= 0.6 is 31.9 Å². The van der Waals surface area contributed by atoms with Gasteiger partial charge in [0.1, 0.15) is 5.60 Å². The molecule has 2 aromatic carbocycles. The number of hydrogen-bond donors (Lipinski definition) is 2. The van der Waals surface area contributed by atoms with Gasteiger partial charge < -0.3 is 10.2 Å². The van der Waals surface area contributed by atoms with Crippen molar-refractivity contribution in [2.75, 3.05) is 0 Å². The van der Waals surface area contributed by atoms with E-state index in [2.05, 4.69) is 31.9 Å². The quantitative estimate of drug-likeness (QED) is 0.842. The van der Waals surface area contributed by atoms with Crippen LogP contribution in [0.1, 0.15) is 18.1 Å². The lowest BCUT2D eigenvalue weighted by atomic mass is 9.82. The zero-order valence-corrected chi connectivity index (χ0v) is 13.5. The van der Waals surface area contributed by atoms with Gasteiger partial charge in [0.2, 0.25) is 0 Å². The van der Waals surface area contributed by atoms with E-state index in [1.54, 1.807) is 31.2 Å². The smallest absolute Gasteiger partial charge is 0.140 e. The molecule has 100 valence electrons. The highest BCUT2D eigenvalue weighted by Gasteiger charge is 2.36. The van der Waals surface area contributed by atoms with Gasteiger partial charge in [0.15, 0.2) is 0 Å². The highest BCUT2D eigenvalue weighted by Crippen LogP contribution is 2.34. The normalized spacial score (nSPS) is 13.3. The lowest BCUT2D eigenvalue weighted by Crippen LogP contribution is -2.38. The van der Waals surface area contributed by atoms with Crippen LogP contribution in [0.3, 0.4) is 0 Å². The minimum absolute atomic E-state index is 0.660. The molecule has 1 atom stereocenters. The number of hydrogen-bond acceptors (Lipinski definition) is 2. The number of aliphatic hydroxyl groups excluding tert-OH is 1. The molecule has 0 heterocycles. The summed E-state index contributed by atoms with van der Waals surface area (Å²) in [6, 6.07) is 14.6. The molecule has 0 fully saturated rings. The third-order valence-corrected chi connectivity index (χ3v) is 4.23. The van der Waals surface area contributed by atoms with Crippen molar-refractivity contribution in [3.05, 3.63) is 68.6 Å². The van der Waals surface area contributed by atoms with Gasteiger partial charge in [0.05, 0.1) is 6.10 Å². The summed E-state index contributed by atoms with van der Waals surface area (Å²) in [5.74, 6) is 0. The number of halogens is 2. The topological polar surface area (TPSA) is 40.5 Å². The van der Waals surface area contributed by atoms with Crippen molar-refractivity contribution >= 4 is 31.9 Å². The Bertz CT molecular complexity index is 502. The summed E-state index contributed by atoms with van der Waals surface area (Å²) in [6.45, 7) is 1.59. The first kappa shape index (κ1) is 14.7. The Hall–Kier alpha value is -0.680. The highest BCUT2D eigenvalue weighted by molar-refractivity contribution is 9.10. The van der Waals surface area contributed by atoms with Gasteiger partial charge in [-0.25, -0.2) is 0 Å². The molecule has 0 aliphatic carbocycles. The summed E-state index contributed by atoms with van der Waals surface area (Å²) >= 11 is 6.73. The third kappa shape index (κ3) is 2.92. The minimum Gasteiger partial charge on any atom is -0.390 e. The van der Waals surface area contributed by atoms with Crippen LogP contribution in [0.15, 0.2) is 57.5 Å². The van der Waals surface area contributed by atoms with Crippen molar-refractivity contribution in [1.82, 2.24) is 0 Å². The fourth-order valence-electron chi connectivity index (χ4n) is 2.06. The molecular formula is C15H14Br2O2. The molecule has 0 aromatic heterocycles. The summed E-state index contributed by atoms with van der Waals surface area (Å²) in [7, 11) is 0. The lowest BCUT2D eigenvalue weighted by Gasteiger charge is -2.32. The zero-order valence-electron chi connectivity index (χ0n) is 10.3. The fourth-order valence-corrected chi connectivity index (χ4v) is 2.59. The van der Waals surface area contributed by atoms with E-state index in [1.165, 1.54) is 0 Å². The summed E-state index contributed by atoms with van der Waals surface area (Å²) < 4.78 is 1.86. The average Bonchev–Trinajstić information content (AvgIpc) is 2.39. The number of rotatable bonds is 3. The Labute approximate surface area is 129 Å². The van der Waals surface area contributed by atoms with Crippen LogP contribution in [0.4, 0.5) is 0 Å². The maximum absolute atomic E-state index is 10.9. The van der Waals surface area contributed by atoms with Gasteiger partial charge in [0.25, 0.3) is 0 Å². The van der Waals surface area contributed by atoms with E-state index >= 15 is 0 Å². The summed E-state index contributed by atoms with van der Waals surface area (Å²) in [5.41, 5.74) is -0.0949. The molecule has 0 spiro atoms. The van der Waals surface area contributed by atoms with Crippen LogP contribution in [0.25, 0.3) is 0 Å². The predicted octanol–water partition coefficient (Wildman–Crippen LogP) is 3.83. The maximum Gasteiger partial charge on any atom is 0.140 e. The molecule has 0 radical (unpaired) electrons. The molecule has 19 heavy (non-hydrogen) atoms. The van der Waals surface area contributed by atoms with Gasteiger partial charge in [-0.05, 0) is 42.3 Å². The Kier molecular flexibility index (Phi) is 4.46. The average molecular weight is 386 g/mol. The lowest BCUT2D eigenvalue weighted by molar-refractivity contribution is -0.0394. The molecule has 2 aromatic rings. The molecular weight excluding hydrogens is 372 g/mol. The van der Waals surface area contributed by atoms with E-state index in [-0.39, 0.29) is 0 Å². The van der Waals surface area contributed by atoms with E-state index < -0.39 is 11.7 Å². The first-order valence-electron chi connectivity index (χ1n) is 5.87. The molecule has 0 amide bonds. The largest absolute Gasteiger partial charge is 0.390 e. The third-order valence-electron chi connectivity index (χ3n) is 3.17. The van der Waals surface area contributed by atoms with Crippen molar-refractivity contribution < 1.29 is 10.2 Å². The Morgan fingerprint density at radius 3 is 1.42 bits per heavy atom. The first-order valence-corrected chi connectivity index (χ1v) is 7.45. The molecule has 4 heteroatoms. The standard InChI is InChI=1S/C15H14Br2O2/c1-10(18)15(19,11-2-6-13(16)7-3-11)12-4-8-14(17)9-5-12/h2-10,18-19H,1H3/t10-/m0/s1. The van der Waals surface area contributed by atoms with Gasteiger partial charge in [-0.15, -0.1) is 0 Å². The predicted molar refractivity (Wildman–Crippen MR) is 83.0 cm³/mol. The molecule has 0 saturated heterocycles. The Morgan fingerprint density at radius 2 is 1.16 bits per heavy atom. The summed E-state index contributed by atoms with van der Waals surface area (Å²) in [4.78, 5) is 0. The van der Waals surface area contributed by atoms with Gasteiger partial charge in [-0.3, -0.25) is 0 Å². The molecule has 2 rings (SSSR count). The SMILES string of the molecule is C[C@H](O)C(O)(c1ccc(Br)cc1)c1ccc(Br)cc1. The highest BCUT2D eigenvalue weighted by atomic mass is 79.9. The van der Waals surface area contributed by atoms with Crippen molar-refractivity contribution in [1.29, 1.82) is 0 Å². The zero-order chi connectivity index (χ0) is 14.0. The van der Waals surface area contributed by atoms with Crippen LogP contribution in [0.5, 0.6) is 0 Å². The number of benzene rings is 2. The van der Waals surface area contributed by atoms with Crippen LogP contribution < -0.4 is 0 Å². The Balaban J connectivity index is 2.54. The number of aliphatic hydroxyl groups is 2. The maximum atomic E-state index is 10.9. The van der Waals surface area contributed by atoms with Crippen LogP contribution in [-0.2, 0) is 5.60 Å².